The Labute approximate surface area is 179 Å². The number of hydrogen-bond acceptors (Lipinski definition) is 4. The van der Waals surface area contributed by atoms with Crippen LogP contribution in [0.15, 0.2) is 47.4 Å². The van der Waals surface area contributed by atoms with Crippen molar-refractivity contribution in [1.29, 1.82) is 0 Å². The zero-order valence-corrected chi connectivity index (χ0v) is 17.9. The molecule has 1 amide bonds. The number of carbonyl (C=O) groups is 1. The predicted octanol–water partition coefficient (Wildman–Crippen LogP) is 3.47. The lowest BCUT2D eigenvalue weighted by atomic mass is 10.2. The Morgan fingerprint density at radius 2 is 1.76 bits per heavy atom. The third-order valence-corrected chi connectivity index (χ3v) is 7.70. The first-order valence-corrected chi connectivity index (χ1v) is 11.1. The number of rotatable bonds is 5. The molecular weight excluding hydrogens is 440 g/mol. The van der Waals surface area contributed by atoms with Crippen LogP contribution in [0.3, 0.4) is 0 Å². The molecule has 1 heterocycles. The van der Waals surface area contributed by atoms with E-state index in [1.165, 1.54) is 40.7 Å². The minimum Gasteiger partial charge on any atom is -0.325 e. The summed E-state index contributed by atoms with van der Waals surface area (Å²) in [5, 5.41) is 2.85. The average molecular weight is 460 g/mol. The second-order valence-electron chi connectivity index (χ2n) is 6.67. The van der Waals surface area contributed by atoms with Gasteiger partial charge in [-0.1, -0.05) is 35.3 Å². The number of nitrogens with one attached hydrogen (secondary N) is 1. The molecular formula is C19H20Cl2FN3O3S. The SMILES string of the molecule is CC(C(=O)Nc1cccc(F)c1)N1CCN(S(=O)(=O)c2cccc(Cl)c2Cl)CC1. The number of benzene rings is 2. The smallest absolute Gasteiger partial charge is 0.244 e. The molecule has 6 nitrogen and oxygen atoms in total. The number of hydrogen-bond donors (Lipinski definition) is 1. The van der Waals surface area contributed by atoms with Gasteiger partial charge in [0.2, 0.25) is 15.9 Å². The van der Waals surface area contributed by atoms with Crippen LogP contribution in [-0.2, 0) is 14.8 Å². The van der Waals surface area contributed by atoms with E-state index < -0.39 is 21.9 Å². The van der Waals surface area contributed by atoms with Crippen LogP contribution in [0.1, 0.15) is 6.92 Å². The summed E-state index contributed by atoms with van der Waals surface area (Å²) >= 11 is 12.0. The first kappa shape index (κ1) is 22.0. The van der Waals surface area contributed by atoms with Gasteiger partial charge in [0.15, 0.2) is 0 Å². The molecule has 29 heavy (non-hydrogen) atoms. The Bertz CT molecular complexity index is 1010. The molecule has 156 valence electrons. The molecule has 2 aromatic carbocycles. The molecule has 0 saturated carbocycles. The van der Waals surface area contributed by atoms with E-state index in [0.29, 0.717) is 18.8 Å². The zero-order valence-electron chi connectivity index (χ0n) is 15.6. The van der Waals surface area contributed by atoms with E-state index in [4.69, 9.17) is 23.2 Å². The highest BCUT2D eigenvalue weighted by atomic mass is 35.5. The molecule has 1 atom stereocenters. The second kappa shape index (κ2) is 8.97. The number of sulfonamides is 1. The van der Waals surface area contributed by atoms with Gasteiger partial charge in [0.1, 0.15) is 10.7 Å². The summed E-state index contributed by atoms with van der Waals surface area (Å²) in [6.07, 6.45) is 0. The van der Waals surface area contributed by atoms with Gasteiger partial charge in [0.05, 0.1) is 16.1 Å². The van der Waals surface area contributed by atoms with Gasteiger partial charge < -0.3 is 5.32 Å². The van der Waals surface area contributed by atoms with Crippen molar-refractivity contribution in [2.45, 2.75) is 17.9 Å². The molecule has 0 aliphatic carbocycles. The van der Waals surface area contributed by atoms with Gasteiger partial charge in [0, 0.05) is 31.9 Å². The second-order valence-corrected chi connectivity index (χ2v) is 9.36. The molecule has 1 unspecified atom stereocenters. The highest BCUT2D eigenvalue weighted by Gasteiger charge is 2.33. The quantitative estimate of drug-likeness (QED) is 0.742. The van der Waals surface area contributed by atoms with E-state index >= 15 is 0 Å². The van der Waals surface area contributed by atoms with Crippen LogP contribution < -0.4 is 5.32 Å². The van der Waals surface area contributed by atoms with Crippen molar-refractivity contribution in [2.75, 3.05) is 31.5 Å². The van der Waals surface area contributed by atoms with Gasteiger partial charge in [-0.05, 0) is 37.3 Å². The maximum absolute atomic E-state index is 13.3. The normalized spacial score (nSPS) is 17.1. The van der Waals surface area contributed by atoms with Crippen molar-refractivity contribution in [1.82, 2.24) is 9.21 Å². The largest absolute Gasteiger partial charge is 0.325 e. The monoisotopic (exact) mass is 459 g/mol. The summed E-state index contributed by atoms with van der Waals surface area (Å²) in [4.78, 5) is 14.3. The third kappa shape index (κ3) is 4.90. The standard InChI is InChI=1S/C19H20Cl2FN3O3S/c1-13(19(26)23-15-5-2-4-14(22)12-15)24-8-10-25(11-9-24)29(27,28)17-7-3-6-16(20)18(17)21/h2-7,12-13H,8-11H2,1H3,(H,23,26). The van der Waals surface area contributed by atoms with Crippen LogP contribution in [-0.4, -0.2) is 55.8 Å². The maximum atomic E-state index is 13.3. The van der Waals surface area contributed by atoms with Crippen LogP contribution in [0.2, 0.25) is 10.0 Å². The summed E-state index contributed by atoms with van der Waals surface area (Å²) in [5.74, 6) is -0.723. The topological polar surface area (TPSA) is 69.7 Å². The molecule has 2 aromatic rings. The molecule has 0 radical (unpaired) electrons. The Morgan fingerprint density at radius 1 is 1.10 bits per heavy atom. The Balaban J connectivity index is 1.63. The van der Waals surface area contributed by atoms with E-state index in [1.807, 2.05) is 4.90 Å². The molecule has 1 saturated heterocycles. The summed E-state index contributed by atoms with van der Waals surface area (Å²) in [5.41, 5.74) is 0.374. The Kier molecular flexibility index (Phi) is 6.80. The van der Waals surface area contributed by atoms with Crippen molar-refractivity contribution >= 4 is 44.8 Å². The zero-order chi connectivity index (χ0) is 21.2. The predicted molar refractivity (Wildman–Crippen MR) is 111 cm³/mol. The fourth-order valence-corrected chi connectivity index (χ4v) is 5.29. The van der Waals surface area contributed by atoms with Gasteiger partial charge in [-0.25, -0.2) is 12.8 Å². The molecule has 1 fully saturated rings. The molecule has 0 spiro atoms. The van der Waals surface area contributed by atoms with Crippen LogP contribution in [0.25, 0.3) is 0 Å². The lowest BCUT2D eigenvalue weighted by Gasteiger charge is -2.36. The average Bonchev–Trinajstić information content (AvgIpc) is 2.69. The minimum atomic E-state index is -3.79. The number of piperazine rings is 1. The van der Waals surface area contributed by atoms with E-state index in [1.54, 1.807) is 13.0 Å². The summed E-state index contributed by atoms with van der Waals surface area (Å²) in [6, 6.07) is 9.64. The van der Waals surface area contributed by atoms with E-state index in [-0.39, 0.29) is 33.9 Å². The van der Waals surface area contributed by atoms with Crippen molar-refractivity contribution < 1.29 is 17.6 Å². The fraction of sp³-hybridized carbons (Fsp3) is 0.316. The molecule has 0 aromatic heterocycles. The lowest BCUT2D eigenvalue weighted by Crippen LogP contribution is -2.53. The molecule has 1 aliphatic rings. The van der Waals surface area contributed by atoms with Crippen molar-refractivity contribution in [2.24, 2.45) is 0 Å². The molecule has 1 N–H and O–H groups in total. The first-order valence-electron chi connectivity index (χ1n) is 8.95. The van der Waals surface area contributed by atoms with Crippen molar-refractivity contribution in [3.8, 4) is 0 Å². The highest BCUT2D eigenvalue weighted by molar-refractivity contribution is 7.89. The number of halogens is 3. The number of anilines is 1. The Hall–Kier alpha value is -1.71. The fourth-order valence-electron chi connectivity index (χ4n) is 3.13. The molecule has 3 rings (SSSR count). The van der Waals surface area contributed by atoms with Crippen molar-refractivity contribution in [3.63, 3.8) is 0 Å². The molecule has 10 heteroatoms. The van der Waals surface area contributed by atoms with Crippen LogP contribution >= 0.6 is 23.2 Å². The van der Waals surface area contributed by atoms with E-state index in [0.717, 1.165) is 0 Å². The molecule has 0 bridgehead atoms. The maximum Gasteiger partial charge on any atom is 0.244 e. The number of carbonyl (C=O) groups excluding carboxylic acids is 1. The van der Waals surface area contributed by atoms with Crippen LogP contribution in [0.5, 0.6) is 0 Å². The van der Waals surface area contributed by atoms with Gasteiger partial charge in [-0.3, -0.25) is 9.69 Å². The minimum absolute atomic E-state index is 0.000523. The summed E-state index contributed by atoms with van der Waals surface area (Å²) in [7, 11) is -3.79. The van der Waals surface area contributed by atoms with Crippen LogP contribution in [0, 0.1) is 5.82 Å². The summed E-state index contributed by atoms with van der Waals surface area (Å²) in [6.45, 7) is 2.89. The van der Waals surface area contributed by atoms with Gasteiger partial charge in [-0.2, -0.15) is 4.31 Å². The molecule has 1 aliphatic heterocycles. The number of amides is 1. The lowest BCUT2D eigenvalue weighted by molar-refractivity contribution is -0.121. The first-order chi connectivity index (χ1) is 13.7. The van der Waals surface area contributed by atoms with E-state index in [9.17, 15) is 17.6 Å². The van der Waals surface area contributed by atoms with E-state index in [2.05, 4.69) is 5.32 Å². The van der Waals surface area contributed by atoms with Crippen molar-refractivity contribution in [3.05, 3.63) is 58.3 Å². The van der Waals surface area contributed by atoms with Crippen LogP contribution in [0.4, 0.5) is 10.1 Å². The Morgan fingerprint density at radius 3 is 2.41 bits per heavy atom. The highest BCUT2D eigenvalue weighted by Crippen LogP contribution is 2.31. The van der Waals surface area contributed by atoms with Gasteiger partial charge in [-0.15, -0.1) is 0 Å². The van der Waals surface area contributed by atoms with Gasteiger partial charge in [0.25, 0.3) is 0 Å². The third-order valence-electron chi connectivity index (χ3n) is 4.83. The summed E-state index contributed by atoms with van der Waals surface area (Å²) < 4.78 is 40.4. The number of nitrogens with zero attached hydrogens (tertiary/aromatic N) is 2. The van der Waals surface area contributed by atoms with Gasteiger partial charge >= 0.3 is 0 Å².